The van der Waals surface area contributed by atoms with Gasteiger partial charge >= 0.3 is 0 Å². The topological polar surface area (TPSA) is 80.9 Å². The predicted octanol–water partition coefficient (Wildman–Crippen LogP) is 2.17. The number of nitriles is 1. The molecule has 0 aliphatic carbocycles. The monoisotopic (exact) mass is 328 g/mol. The number of nitrogens with one attached hydrogen (secondary N) is 1. The van der Waals surface area contributed by atoms with Crippen molar-refractivity contribution in [3.8, 4) is 11.9 Å². The molecule has 0 aromatic heterocycles. The van der Waals surface area contributed by atoms with Crippen molar-refractivity contribution in [3.63, 3.8) is 0 Å². The van der Waals surface area contributed by atoms with Crippen LogP contribution in [0.25, 0.3) is 0 Å². The predicted molar refractivity (Wildman–Crippen MR) is 91.5 cm³/mol. The summed E-state index contributed by atoms with van der Waals surface area (Å²) >= 11 is 0. The van der Waals surface area contributed by atoms with Gasteiger partial charge in [0.2, 0.25) is 12.2 Å². The molecule has 1 fully saturated rings. The molecule has 6 heteroatoms. The summed E-state index contributed by atoms with van der Waals surface area (Å²) in [4.78, 5) is 6.07. The van der Waals surface area contributed by atoms with Crippen LogP contribution in [0.15, 0.2) is 29.3 Å². The molecule has 0 bridgehead atoms. The number of aliphatic hydroxyl groups is 1. The van der Waals surface area contributed by atoms with Crippen LogP contribution in [-0.2, 0) is 0 Å². The molecule has 24 heavy (non-hydrogen) atoms. The van der Waals surface area contributed by atoms with Crippen molar-refractivity contribution in [1.82, 2.24) is 10.2 Å². The quantitative estimate of drug-likeness (QED) is 0.469. The number of piperidine rings is 1. The Balaban J connectivity index is 1.91. The van der Waals surface area contributed by atoms with Gasteiger partial charge in [-0.3, -0.25) is 0 Å². The molecular formula is C18H24N4O2. The van der Waals surface area contributed by atoms with E-state index in [1.165, 1.54) is 6.42 Å². The number of aliphatic hydroxyl groups excluding tert-OH is 1. The zero-order chi connectivity index (χ0) is 17.2. The Morgan fingerprint density at radius 2 is 2.04 bits per heavy atom. The largest absolute Gasteiger partial charge is 0.485 e. The van der Waals surface area contributed by atoms with Gasteiger partial charge in [-0.2, -0.15) is 5.26 Å². The van der Waals surface area contributed by atoms with Crippen molar-refractivity contribution in [2.24, 2.45) is 4.99 Å². The van der Waals surface area contributed by atoms with Crippen molar-refractivity contribution in [2.45, 2.75) is 50.9 Å². The van der Waals surface area contributed by atoms with Crippen LogP contribution >= 0.6 is 0 Å². The van der Waals surface area contributed by atoms with Crippen molar-refractivity contribution >= 4 is 5.96 Å². The van der Waals surface area contributed by atoms with E-state index in [1.807, 2.05) is 44.3 Å². The first kappa shape index (κ1) is 16.6. The number of rotatable bonds is 1. The van der Waals surface area contributed by atoms with E-state index < -0.39 is 11.7 Å². The number of hydrogen-bond acceptors (Lipinski definition) is 4. The second kappa shape index (κ2) is 6.70. The molecule has 2 heterocycles. The summed E-state index contributed by atoms with van der Waals surface area (Å²) < 4.78 is 5.94. The molecule has 1 saturated heterocycles. The van der Waals surface area contributed by atoms with Gasteiger partial charge < -0.3 is 20.1 Å². The van der Waals surface area contributed by atoms with Crippen molar-refractivity contribution in [3.05, 3.63) is 29.8 Å². The first-order valence-electron chi connectivity index (χ1n) is 8.47. The number of likely N-dealkylation sites (tertiary alicyclic amines) is 1. The fourth-order valence-electron chi connectivity index (χ4n) is 3.39. The van der Waals surface area contributed by atoms with Gasteiger partial charge in [-0.15, -0.1) is 4.99 Å². The van der Waals surface area contributed by atoms with Gasteiger partial charge in [-0.1, -0.05) is 18.2 Å². The molecule has 0 saturated carbocycles. The van der Waals surface area contributed by atoms with Crippen LogP contribution in [-0.4, -0.2) is 40.8 Å². The third-order valence-electron chi connectivity index (χ3n) is 4.75. The van der Waals surface area contributed by atoms with Crippen molar-refractivity contribution < 1.29 is 9.84 Å². The molecule has 1 aromatic carbocycles. The highest BCUT2D eigenvalue weighted by Gasteiger charge is 2.43. The summed E-state index contributed by atoms with van der Waals surface area (Å²) in [7, 11) is 0. The summed E-state index contributed by atoms with van der Waals surface area (Å²) in [6.07, 6.45) is 4.50. The minimum Gasteiger partial charge on any atom is -0.485 e. The second-order valence-corrected chi connectivity index (χ2v) is 6.89. The Kier molecular flexibility index (Phi) is 4.63. The van der Waals surface area contributed by atoms with Gasteiger partial charge in [0.25, 0.3) is 0 Å². The highest BCUT2D eigenvalue weighted by atomic mass is 16.5. The minimum absolute atomic E-state index is 0.376. The lowest BCUT2D eigenvalue weighted by Gasteiger charge is -2.43. The molecule has 2 unspecified atom stereocenters. The third kappa shape index (κ3) is 3.17. The maximum atomic E-state index is 10.8. The van der Waals surface area contributed by atoms with Crippen LogP contribution in [0.2, 0.25) is 0 Å². The van der Waals surface area contributed by atoms with E-state index in [9.17, 15) is 5.11 Å². The Hall–Kier alpha value is -2.26. The number of aliphatic imine (C=N–C) groups is 1. The molecule has 128 valence electrons. The van der Waals surface area contributed by atoms with E-state index in [0.29, 0.717) is 5.96 Å². The zero-order valence-corrected chi connectivity index (χ0v) is 14.2. The fourth-order valence-corrected chi connectivity index (χ4v) is 3.39. The van der Waals surface area contributed by atoms with Gasteiger partial charge in [0.05, 0.1) is 6.04 Å². The maximum absolute atomic E-state index is 10.8. The molecule has 2 aliphatic heterocycles. The van der Waals surface area contributed by atoms with E-state index in [-0.39, 0.29) is 6.04 Å². The van der Waals surface area contributed by atoms with Gasteiger partial charge in [-0.25, -0.2) is 0 Å². The third-order valence-corrected chi connectivity index (χ3v) is 4.75. The molecule has 2 atom stereocenters. The fraction of sp³-hybridized carbons (Fsp3) is 0.556. The standard InChI is InChI=1S/C18H24N4O2/c1-18(2)16(23)15(13-8-4-5-9-14(13)24-18)21-17(20-12-19)22-10-6-3-7-11-22/h4-5,8-9,15-16,23H,3,6-7,10-11H2,1-2H3,(H,20,21). The molecule has 2 aliphatic rings. The maximum Gasteiger partial charge on any atom is 0.210 e. The summed E-state index contributed by atoms with van der Waals surface area (Å²) in [5.74, 6) is 1.29. The summed E-state index contributed by atoms with van der Waals surface area (Å²) in [6.45, 7) is 5.48. The lowest BCUT2D eigenvalue weighted by Crippen LogP contribution is -2.56. The molecule has 1 aromatic rings. The first-order valence-corrected chi connectivity index (χ1v) is 8.47. The van der Waals surface area contributed by atoms with Crippen LogP contribution < -0.4 is 10.1 Å². The molecule has 3 rings (SSSR count). The van der Waals surface area contributed by atoms with Crippen LogP contribution in [0, 0.1) is 11.5 Å². The van der Waals surface area contributed by atoms with Gasteiger partial charge in [0.1, 0.15) is 17.5 Å². The number of ether oxygens (including phenoxy) is 1. The van der Waals surface area contributed by atoms with Gasteiger partial charge in [-0.05, 0) is 39.2 Å². The average molecular weight is 328 g/mol. The van der Waals surface area contributed by atoms with Gasteiger partial charge in [0, 0.05) is 18.7 Å². The van der Waals surface area contributed by atoms with Gasteiger partial charge in [0.15, 0.2) is 0 Å². The lowest BCUT2D eigenvalue weighted by atomic mass is 9.86. The number of guanidine groups is 1. The van der Waals surface area contributed by atoms with Crippen LogP contribution in [0.3, 0.4) is 0 Å². The van der Waals surface area contributed by atoms with Crippen LogP contribution in [0.4, 0.5) is 0 Å². The number of para-hydroxylation sites is 1. The van der Waals surface area contributed by atoms with E-state index in [4.69, 9.17) is 10.00 Å². The Bertz CT molecular complexity index is 659. The summed E-state index contributed by atoms with van der Waals surface area (Å²) in [6, 6.07) is 7.30. The Morgan fingerprint density at radius 1 is 1.33 bits per heavy atom. The van der Waals surface area contributed by atoms with Crippen LogP contribution in [0.5, 0.6) is 5.75 Å². The highest BCUT2D eigenvalue weighted by molar-refractivity contribution is 5.81. The summed E-state index contributed by atoms with van der Waals surface area (Å²) in [5.41, 5.74) is 0.151. The zero-order valence-electron chi connectivity index (χ0n) is 14.2. The number of fused-ring (bicyclic) bond motifs is 1. The normalized spacial score (nSPS) is 26.1. The van der Waals surface area contributed by atoms with E-state index in [0.717, 1.165) is 37.2 Å². The molecule has 0 amide bonds. The van der Waals surface area contributed by atoms with Crippen LogP contribution in [0.1, 0.15) is 44.7 Å². The molecule has 2 N–H and O–H groups in total. The highest BCUT2D eigenvalue weighted by Crippen LogP contribution is 2.39. The van der Waals surface area contributed by atoms with Crippen molar-refractivity contribution in [2.75, 3.05) is 13.1 Å². The second-order valence-electron chi connectivity index (χ2n) is 6.89. The molecule has 6 nitrogen and oxygen atoms in total. The Morgan fingerprint density at radius 3 is 2.75 bits per heavy atom. The smallest absolute Gasteiger partial charge is 0.210 e. The molecule has 0 radical (unpaired) electrons. The van der Waals surface area contributed by atoms with Crippen molar-refractivity contribution in [1.29, 1.82) is 5.26 Å². The van der Waals surface area contributed by atoms with E-state index in [2.05, 4.69) is 15.2 Å². The number of benzene rings is 1. The number of hydrogen-bond donors (Lipinski definition) is 2. The first-order chi connectivity index (χ1) is 11.5. The minimum atomic E-state index is -0.763. The van der Waals surface area contributed by atoms with E-state index >= 15 is 0 Å². The van der Waals surface area contributed by atoms with E-state index in [1.54, 1.807) is 0 Å². The lowest BCUT2D eigenvalue weighted by molar-refractivity contribution is -0.0615. The molecular weight excluding hydrogens is 304 g/mol. The molecule has 0 spiro atoms. The summed E-state index contributed by atoms with van der Waals surface area (Å²) in [5, 5.41) is 23.2. The SMILES string of the molecule is CC1(C)Oc2ccccc2C(NC(=NC#N)N2CCCCC2)C1O. The average Bonchev–Trinajstić information content (AvgIpc) is 2.58. The number of nitrogens with zero attached hydrogens (tertiary/aromatic N) is 3. The Labute approximate surface area is 142 Å².